The van der Waals surface area contributed by atoms with Crippen molar-refractivity contribution in [1.29, 1.82) is 0 Å². The molecular weight excluding hydrogens is 520 g/mol. The minimum Gasteiger partial charge on any atom is -0.497 e. The summed E-state index contributed by atoms with van der Waals surface area (Å²) in [6, 6.07) is 8.02. The molecule has 2 unspecified atom stereocenters. The van der Waals surface area contributed by atoms with Gasteiger partial charge in [0.2, 0.25) is 0 Å². The monoisotopic (exact) mass is 576 g/mol. The average molecular weight is 577 g/mol. The van der Waals surface area contributed by atoms with Crippen molar-refractivity contribution in [2.45, 2.75) is 113 Å². The quantitative estimate of drug-likeness (QED) is 0.343. The van der Waals surface area contributed by atoms with Crippen LogP contribution in [0.5, 0.6) is 5.75 Å². The van der Waals surface area contributed by atoms with Crippen LogP contribution >= 0.6 is 0 Å². The van der Waals surface area contributed by atoms with Gasteiger partial charge in [-0.25, -0.2) is 0 Å². The normalized spacial score (nSPS) is 45.0. The van der Waals surface area contributed by atoms with Gasteiger partial charge in [0.25, 0.3) is 0 Å². The van der Waals surface area contributed by atoms with E-state index >= 15 is 0 Å². The van der Waals surface area contributed by atoms with Crippen LogP contribution in [0.1, 0.15) is 113 Å². The van der Waals surface area contributed by atoms with Crippen LogP contribution < -0.4 is 10.2 Å². The standard InChI is InChI=1S/C37H56N2O3/c1-23(2)26-15-20-37(32(40)41)22-21-35(6)27(31(26)37)13-14-29-34(5)18-17-30(33(3,4)28(34)16-19-36(29,35)7)39-38-24-9-11-25(42-8)12-10-24/h9-12,23,26-29,31,38H,13-22H2,1-8H3,(H,40,41)/b39-30+/t26-,27?,28-,29+,31+,34-,35+,36+,37?/m0/s1. The maximum absolute atomic E-state index is 13.0. The minimum atomic E-state index is -0.496. The molecule has 0 bridgehead atoms. The summed E-state index contributed by atoms with van der Waals surface area (Å²) >= 11 is 0. The van der Waals surface area contributed by atoms with E-state index in [0.29, 0.717) is 35.5 Å². The fraction of sp³-hybridized carbons (Fsp3) is 0.784. The van der Waals surface area contributed by atoms with Gasteiger partial charge in [0.15, 0.2) is 0 Å². The Morgan fingerprint density at radius 2 is 1.62 bits per heavy atom. The minimum absolute atomic E-state index is 0.0325. The van der Waals surface area contributed by atoms with Gasteiger partial charge in [0.05, 0.1) is 18.2 Å². The first kappa shape index (κ1) is 30.0. The van der Waals surface area contributed by atoms with E-state index in [2.05, 4.69) is 53.9 Å². The summed E-state index contributed by atoms with van der Waals surface area (Å²) in [5, 5.41) is 15.7. The number of hydrogen-bond acceptors (Lipinski definition) is 4. The summed E-state index contributed by atoms with van der Waals surface area (Å²) in [6.07, 6.45) is 11.2. The third-order valence-corrected chi connectivity index (χ3v) is 15.0. The molecule has 6 rings (SSSR count). The lowest BCUT2D eigenvalue weighted by Crippen LogP contribution is -2.66. The molecule has 232 valence electrons. The van der Waals surface area contributed by atoms with E-state index in [0.717, 1.165) is 43.5 Å². The number of ether oxygens (including phenoxy) is 1. The molecule has 1 aromatic rings. The molecule has 2 N–H and O–H groups in total. The van der Waals surface area contributed by atoms with Gasteiger partial charge in [-0.05, 0) is 140 Å². The van der Waals surface area contributed by atoms with Crippen molar-refractivity contribution in [3.8, 4) is 5.75 Å². The predicted octanol–water partition coefficient (Wildman–Crippen LogP) is 9.29. The topological polar surface area (TPSA) is 70.9 Å². The number of rotatable bonds is 5. The molecule has 5 aliphatic rings. The average Bonchev–Trinajstić information content (AvgIpc) is 3.35. The van der Waals surface area contributed by atoms with Crippen LogP contribution in [0.4, 0.5) is 5.69 Å². The van der Waals surface area contributed by atoms with E-state index in [1.165, 1.54) is 37.8 Å². The van der Waals surface area contributed by atoms with Crippen LogP contribution in [0.3, 0.4) is 0 Å². The molecule has 0 aliphatic heterocycles. The number of benzene rings is 1. The van der Waals surface area contributed by atoms with Gasteiger partial charge < -0.3 is 9.84 Å². The van der Waals surface area contributed by atoms with Gasteiger partial charge in [0.1, 0.15) is 5.75 Å². The summed E-state index contributed by atoms with van der Waals surface area (Å²) in [7, 11) is 1.70. The highest BCUT2D eigenvalue weighted by molar-refractivity contribution is 5.91. The number of carboxylic acids is 1. The van der Waals surface area contributed by atoms with Gasteiger partial charge in [0, 0.05) is 11.1 Å². The smallest absolute Gasteiger partial charge is 0.309 e. The summed E-state index contributed by atoms with van der Waals surface area (Å²) in [5.74, 6) is 3.61. The second-order valence-electron chi connectivity index (χ2n) is 16.7. The maximum atomic E-state index is 13.0. The molecule has 5 nitrogen and oxygen atoms in total. The van der Waals surface area contributed by atoms with Crippen LogP contribution in [0.25, 0.3) is 0 Å². The molecule has 1 aromatic carbocycles. The summed E-state index contributed by atoms with van der Waals surface area (Å²) in [5.41, 5.74) is 5.95. The van der Waals surface area contributed by atoms with Gasteiger partial charge in [-0.3, -0.25) is 10.2 Å². The zero-order chi connectivity index (χ0) is 30.3. The van der Waals surface area contributed by atoms with Crippen molar-refractivity contribution in [3.05, 3.63) is 24.3 Å². The SMILES string of the molecule is COc1ccc(N/N=C2\CC[C@]3(C)[C@H]4CCC5[C@H]6[C@H](C(C)C)CCC6(C(=O)O)CC[C@@]5(C)[C@]4(C)CC[C@H]3C2(C)C)cc1. The molecule has 5 fully saturated rings. The van der Waals surface area contributed by atoms with E-state index in [1.54, 1.807) is 7.11 Å². The van der Waals surface area contributed by atoms with Crippen LogP contribution in [-0.4, -0.2) is 23.9 Å². The number of carbonyl (C=O) groups is 1. The Bertz CT molecular complexity index is 1240. The predicted molar refractivity (Wildman–Crippen MR) is 171 cm³/mol. The van der Waals surface area contributed by atoms with Gasteiger partial charge in [-0.1, -0.05) is 48.5 Å². The highest BCUT2D eigenvalue weighted by atomic mass is 16.5. The third-order valence-electron chi connectivity index (χ3n) is 15.0. The third kappa shape index (κ3) is 3.99. The number of aliphatic carboxylic acids is 1. The molecule has 0 radical (unpaired) electrons. The fourth-order valence-electron chi connectivity index (χ4n) is 12.6. The van der Waals surface area contributed by atoms with Crippen molar-refractivity contribution in [1.82, 2.24) is 0 Å². The molecule has 0 saturated heterocycles. The number of methoxy groups -OCH3 is 1. The molecule has 0 heterocycles. The number of nitrogens with zero attached hydrogens (tertiary/aromatic N) is 1. The van der Waals surface area contributed by atoms with E-state index in [1.807, 2.05) is 24.3 Å². The zero-order valence-corrected chi connectivity index (χ0v) is 27.6. The van der Waals surface area contributed by atoms with E-state index in [4.69, 9.17) is 9.84 Å². The van der Waals surface area contributed by atoms with Crippen molar-refractivity contribution >= 4 is 17.4 Å². The van der Waals surface area contributed by atoms with Crippen molar-refractivity contribution in [2.75, 3.05) is 12.5 Å². The van der Waals surface area contributed by atoms with Crippen molar-refractivity contribution in [2.24, 2.45) is 67.7 Å². The summed E-state index contributed by atoms with van der Waals surface area (Å²) in [6.45, 7) is 17.5. The van der Waals surface area contributed by atoms with Crippen LogP contribution in [0.2, 0.25) is 0 Å². The lowest BCUT2D eigenvalue weighted by molar-refractivity contribution is -0.232. The molecule has 5 saturated carbocycles. The van der Waals surface area contributed by atoms with E-state index in [-0.39, 0.29) is 21.7 Å². The highest BCUT2D eigenvalue weighted by Crippen LogP contribution is 2.77. The first-order chi connectivity index (χ1) is 19.7. The summed E-state index contributed by atoms with van der Waals surface area (Å²) < 4.78 is 5.32. The van der Waals surface area contributed by atoms with Crippen LogP contribution in [0, 0.1) is 62.6 Å². The molecule has 0 amide bonds. The van der Waals surface area contributed by atoms with Gasteiger partial charge in [-0.15, -0.1) is 0 Å². The Kier molecular flexibility index (Phi) is 7.14. The maximum Gasteiger partial charge on any atom is 0.309 e. The number of hydrazone groups is 1. The Balaban J connectivity index is 1.29. The Morgan fingerprint density at radius 1 is 0.905 bits per heavy atom. The lowest BCUT2D eigenvalue weighted by Gasteiger charge is -2.72. The number of nitrogens with one attached hydrogen (secondary N) is 1. The molecule has 5 aliphatic carbocycles. The summed E-state index contributed by atoms with van der Waals surface area (Å²) in [4.78, 5) is 13.0. The second kappa shape index (κ2) is 9.99. The van der Waals surface area contributed by atoms with Gasteiger partial charge in [-0.2, -0.15) is 5.10 Å². The van der Waals surface area contributed by atoms with Crippen LogP contribution in [-0.2, 0) is 4.79 Å². The lowest BCUT2D eigenvalue weighted by atomic mass is 9.32. The van der Waals surface area contributed by atoms with E-state index < -0.39 is 11.4 Å². The van der Waals surface area contributed by atoms with E-state index in [9.17, 15) is 9.90 Å². The molecule has 0 aromatic heterocycles. The number of fused-ring (bicyclic) bond motifs is 7. The number of hydrogen-bond donors (Lipinski definition) is 2. The highest BCUT2D eigenvalue weighted by Gasteiger charge is 2.72. The second-order valence-corrected chi connectivity index (χ2v) is 16.7. The Hall–Kier alpha value is -2.04. The molecule has 5 heteroatoms. The van der Waals surface area contributed by atoms with Crippen LogP contribution in [0.15, 0.2) is 29.4 Å². The fourth-order valence-corrected chi connectivity index (χ4v) is 12.6. The first-order valence-electron chi connectivity index (χ1n) is 16.9. The molecule has 0 spiro atoms. The Morgan fingerprint density at radius 3 is 2.26 bits per heavy atom. The Labute approximate surface area is 254 Å². The van der Waals surface area contributed by atoms with Crippen molar-refractivity contribution in [3.63, 3.8) is 0 Å². The number of carboxylic acid groups (broad SMARTS) is 1. The largest absolute Gasteiger partial charge is 0.497 e. The number of anilines is 1. The first-order valence-corrected chi connectivity index (χ1v) is 16.9. The van der Waals surface area contributed by atoms with Crippen molar-refractivity contribution < 1.29 is 14.6 Å². The van der Waals surface area contributed by atoms with Gasteiger partial charge >= 0.3 is 5.97 Å². The zero-order valence-electron chi connectivity index (χ0n) is 27.6. The molecule has 42 heavy (non-hydrogen) atoms. The molecular formula is C37H56N2O3. The molecule has 9 atom stereocenters.